The fourth-order valence-corrected chi connectivity index (χ4v) is 1.26. The lowest BCUT2D eigenvalue weighted by molar-refractivity contribution is -0.133. The molecule has 2 amide bonds. The van der Waals surface area contributed by atoms with E-state index in [-0.39, 0.29) is 25.4 Å². The standard InChI is InChI=1S/C8H14FN3O2/c1-10-6(13)4-12-7(14)8(9)2-3-11-5-8/h11H,2-5H2,1H3,(H,10,13)(H,12,14). The largest absolute Gasteiger partial charge is 0.358 e. The maximum absolute atomic E-state index is 13.7. The van der Waals surface area contributed by atoms with Crippen molar-refractivity contribution in [2.75, 3.05) is 26.7 Å². The summed E-state index contributed by atoms with van der Waals surface area (Å²) < 4.78 is 13.7. The summed E-state index contributed by atoms with van der Waals surface area (Å²) in [7, 11) is 1.46. The molecule has 1 unspecified atom stereocenters. The lowest BCUT2D eigenvalue weighted by Gasteiger charge is -2.16. The van der Waals surface area contributed by atoms with Gasteiger partial charge >= 0.3 is 0 Å². The summed E-state index contributed by atoms with van der Waals surface area (Å²) in [6.45, 7) is 0.331. The van der Waals surface area contributed by atoms with E-state index in [1.165, 1.54) is 7.05 Å². The smallest absolute Gasteiger partial charge is 0.259 e. The van der Waals surface area contributed by atoms with E-state index in [1.54, 1.807) is 0 Å². The lowest BCUT2D eigenvalue weighted by Crippen LogP contribution is -2.47. The van der Waals surface area contributed by atoms with Crippen molar-refractivity contribution in [3.05, 3.63) is 0 Å². The molecule has 1 saturated heterocycles. The molecule has 0 aromatic heterocycles. The summed E-state index contributed by atoms with van der Waals surface area (Å²) in [4.78, 5) is 22.1. The van der Waals surface area contributed by atoms with Crippen molar-refractivity contribution in [3.63, 3.8) is 0 Å². The Hall–Kier alpha value is -1.17. The molecule has 0 bridgehead atoms. The SMILES string of the molecule is CNC(=O)CNC(=O)C1(F)CCNC1. The fourth-order valence-electron chi connectivity index (χ4n) is 1.26. The Bertz CT molecular complexity index is 239. The number of carbonyl (C=O) groups excluding carboxylic acids is 2. The highest BCUT2D eigenvalue weighted by Gasteiger charge is 2.41. The number of hydrogen-bond donors (Lipinski definition) is 3. The van der Waals surface area contributed by atoms with Gasteiger partial charge in [0, 0.05) is 20.0 Å². The molecule has 0 radical (unpaired) electrons. The molecule has 1 fully saturated rings. The third-order valence-corrected chi connectivity index (χ3v) is 2.20. The topological polar surface area (TPSA) is 70.2 Å². The molecule has 3 N–H and O–H groups in total. The number of alkyl halides is 1. The fraction of sp³-hybridized carbons (Fsp3) is 0.750. The van der Waals surface area contributed by atoms with E-state index in [9.17, 15) is 14.0 Å². The van der Waals surface area contributed by atoms with Gasteiger partial charge < -0.3 is 16.0 Å². The number of likely N-dealkylation sites (N-methyl/N-ethyl adjacent to an activating group) is 1. The Balaban J connectivity index is 2.38. The predicted octanol–water partition coefficient (Wildman–Crippen LogP) is -1.45. The third-order valence-electron chi connectivity index (χ3n) is 2.20. The molecule has 1 rings (SSSR count). The van der Waals surface area contributed by atoms with Gasteiger partial charge in [-0.15, -0.1) is 0 Å². The van der Waals surface area contributed by atoms with Crippen molar-refractivity contribution in [1.29, 1.82) is 0 Å². The van der Waals surface area contributed by atoms with Gasteiger partial charge in [-0.1, -0.05) is 0 Å². The van der Waals surface area contributed by atoms with Gasteiger partial charge in [-0.25, -0.2) is 4.39 Å². The molecule has 0 aromatic rings. The van der Waals surface area contributed by atoms with Crippen molar-refractivity contribution in [3.8, 4) is 0 Å². The Morgan fingerprint density at radius 2 is 2.29 bits per heavy atom. The molecule has 0 spiro atoms. The van der Waals surface area contributed by atoms with E-state index in [2.05, 4.69) is 16.0 Å². The Morgan fingerprint density at radius 3 is 2.79 bits per heavy atom. The molecule has 0 aromatic carbocycles. The van der Waals surface area contributed by atoms with Crippen molar-refractivity contribution >= 4 is 11.8 Å². The summed E-state index contributed by atoms with van der Waals surface area (Å²) in [5.41, 5.74) is -1.85. The molecule has 0 saturated carbocycles. The minimum atomic E-state index is -1.85. The summed E-state index contributed by atoms with van der Waals surface area (Å²) in [5, 5.41) is 7.34. The van der Waals surface area contributed by atoms with Crippen LogP contribution in [0.5, 0.6) is 0 Å². The predicted molar refractivity (Wildman–Crippen MR) is 48.4 cm³/mol. The summed E-state index contributed by atoms with van der Waals surface area (Å²) >= 11 is 0. The zero-order valence-corrected chi connectivity index (χ0v) is 8.02. The highest BCUT2D eigenvalue weighted by molar-refractivity contribution is 5.89. The molecule has 1 aliphatic heterocycles. The van der Waals surface area contributed by atoms with Crippen LogP contribution in [0.3, 0.4) is 0 Å². The van der Waals surface area contributed by atoms with E-state index in [4.69, 9.17) is 0 Å². The van der Waals surface area contributed by atoms with E-state index in [0.717, 1.165) is 0 Å². The molecule has 80 valence electrons. The molecule has 1 heterocycles. The van der Waals surface area contributed by atoms with Crippen LogP contribution in [0.15, 0.2) is 0 Å². The van der Waals surface area contributed by atoms with Gasteiger partial charge in [0.15, 0.2) is 0 Å². The normalized spacial score (nSPS) is 25.9. The van der Waals surface area contributed by atoms with Gasteiger partial charge in [0.05, 0.1) is 6.54 Å². The quantitative estimate of drug-likeness (QED) is 0.525. The van der Waals surface area contributed by atoms with Gasteiger partial charge in [0.25, 0.3) is 5.91 Å². The van der Waals surface area contributed by atoms with Crippen LogP contribution >= 0.6 is 0 Å². The number of rotatable bonds is 3. The summed E-state index contributed by atoms with van der Waals surface area (Å²) in [5.74, 6) is -1.06. The van der Waals surface area contributed by atoms with Crippen molar-refractivity contribution in [2.24, 2.45) is 0 Å². The van der Waals surface area contributed by atoms with Gasteiger partial charge in [-0.2, -0.15) is 0 Å². The van der Waals surface area contributed by atoms with Crippen LogP contribution in [0.25, 0.3) is 0 Å². The lowest BCUT2D eigenvalue weighted by atomic mass is 10.1. The monoisotopic (exact) mass is 203 g/mol. The highest BCUT2D eigenvalue weighted by atomic mass is 19.1. The molecule has 14 heavy (non-hydrogen) atoms. The first-order chi connectivity index (χ1) is 6.58. The Kier molecular flexibility index (Phi) is 3.40. The third kappa shape index (κ3) is 2.41. The zero-order chi connectivity index (χ0) is 10.6. The Labute approximate surface area is 81.4 Å². The average Bonchev–Trinajstić information content (AvgIpc) is 2.62. The molecular weight excluding hydrogens is 189 g/mol. The molecule has 1 atom stereocenters. The van der Waals surface area contributed by atoms with Gasteiger partial charge in [0.1, 0.15) is 0 Å². The Morgan fingerprint density at radius 1 is 1.57 bits per heavy atom. The first-order valence-electron chi connectivity index (χ1n) is 4.47. The van der Waals surface area contributed by atoms with Gasteiger partial charge in [-0.05, 0) is 6.54 Å². The zero-order valence-electron chi connectivity index (χ0n) is 8.02. The van der Waals surface area contributed by atoms with Crippen molar-refractivity contribution in [1.82, 2.24) is 16.0 Å². The minimum Gasteiger partial charge on any atom is -0.358 e. The van der Waals surface area contributed by atoms with E-state index in [0.29, 0.717) is 6.54 Å². The van der Waals surface area contributed by atoms with Crippen LogP contribution in [-0.4, -0.2) is 44.2 Å². The van der Waals surface area contributed by atoms with Crippen LogP contribution in [0.2, 0.25) is 0 Å². The summed E-state index contributed by atoms with van der Waals surface area (Å²) in [6.07, 6.45) is 0.159. The highest BCUT2D eigenvalue weighted by Crippen LogP contribution is 2.19. The number of halogens is 1. The minimum absolute atomic E-state index is 0.0204. The summed E-state index contributed by atoms with van der Waals surface area (Å²) in [6, 6.07) is 0. The molecule has 6 heteroatoms. The molecule has 1 aliphatic rings. The number of amides is 2. The van der Waals surface area contributed by atoms with Crippen molar-refractivity contribution < 1.29 is 14.0 Å². The number of carbonyl (C=O) groups is 2. The molecule has 0 aliphatic carbocycles. The average molecular weight is 203 g/mol. The second-order valence-corrected chi connectivity index (χ2v) is 3.25. The number of nitrogens with one attached hydrogen (secondary N) is 3. The van der Waals surface area contributed by atoms with Gasteiger partial charge in [0.2, 0.25) is 11.6 Å². The van der Waals surface area contributed by atoms with Crippen molar-refractivity contribution in [2.45, 2.75) is 12.1 Å². The second-order valence-electron chi connectivity index (χ2n) is 3.25. The van der Waals surface area contributed by atoms with Crippen LogP contribution in [0, 0.1) is 0 Å². The van der Waals surface area contributed by atoms with Crippen LogP contribution in [-0.2, 0) is 9.59 Å². The van der Waals surface area contributed by atoms with Crippen LogP contribution in [0.4, 0.5) is 4.39 Å². The molecule has 5 nitrogen and oxygen atoms in total. The first kappa shape index (κ1) is 10.9. The van der Waals surface area contributed by atoms with E-state index < -0.39 is 11.6 Å². The van der Waals surface area contributed by atoms with Crippen LogP contribution < -0.4 is 16.0 Å². The second kappa shape index (κ2) is 4.36. The van der Waals surface area contributed by atoms with E-state index in [1.807, 2.05) is 0 Å². The number of hydrogen-bond acceptors (Lipinski definition) is 3. The van der Waals surface area contributed by atoms with Gasteiger partial charge in [-0.3, -0.25) is 9.59 Å². The van der Waals surface area contributed by atoms with Crippen LogP contribution in [0.1, 0.15) is 6.42 Å². The molecular formula is C8H14FN3O2. The maximum Gasteiger partial charge on any atom is 0.259 e. The van der Waals surface area contributed by atoms with E-state index >= 15 is 0 Å². The first-order valence-corrected chi connectivity index (χ1v) is 4.47. The maximum atomic E-state index is 13.7.